The predicted octanol–water partition coefficient (Wildman–Crippen LogP) is 2.14. The molecule has 0 spiro atoms. The lowest BCUT2D eigenvalue weighted by molar-refractivity contribution is 0.190. The number of nitrogens with one attached hydrogen (secondary N) is 1. The maximum atomic E-state index is 5.10. The van der Waals surface area contributed by atoms with Crippen LogP contribution in [0.3, 0.4) is 0 Å². The molecule has 0 fully saturated rings. The van der Waals surface area contributed by atoms with E-state index in [1.54, 1.807) is 24.6 Å². The maximum absolute atomic E-state index is 5.10. The zero-order chi connectivity index (χ0) is 13.0. The van der Waals surface area contributed by atoms with Crippen molar-refractivity contribution in [2.75, 3.05) is 19.0 Å². The van der Waals surface area contributed by atoms with Gasteiger partial charge in [-0.15, -0.1) is 11.3 Å². The van der Waals surface area contributed by atoms with E-state index in [2.05, 4.69) is 32.2 Å². The third-order valence-corrected chi connectivity index (χ3v) is 3.33. The van der Waals surface area contributed by atoms with Gasteiger partial charge >= 0.3 is 0 Å². The molecule has 2 aromatic rings. The number of methoxy groups -OCH3 is 1. The number of ether oxygens (including phenoxy) is 1. The summed E-state index contributed by atoms with van der Waals surface area (Å²) in [5, 5.41) is 6.49. The fraction of sp³-hybridized carbons (Fsp3) is 0.500. The fourth-order valence-corrected chi connectivity index (χ4v) is 2.35. The van der Waals surface area contributed by atoms with Crippen LogP contribution in [0.1, 0.15) is 17.6 Å². The zero-order valence-corrected chi connectivity index (χ0v) is 11.7. The average Bonchev–Trinajstić information content (AvgIpc) is 2.90. The minimum absolute atomic E-state index is 0.230. The second kappa shape index (κ2) is 5.97. The number of anilines is 1. The van der Waals surface area contributed by atoms with Gasteiger partial charge in [-0.3, -0.25) is 0 Å². The van der Waals surface area contributed by atoms with E-state index in [1.807, 2.05) is 13.1 Å². The Morgan fingerprint density at radius 1 is 1.56 bits per heavy atom. The summed E-state index contributed by atoms with van der Waals surface area (Å²) >= 11 is 1.67. The van der Waals surface area contributed by atoms with Gasteiger partial charge in [0, 0.05) is 30.9 Å². The van der Waals surface area contributed by atoms with Crippen LogP contribution in [0, 0.1) is 6.92 Å². The summed E-state index contributed by atoms with van der Waals surface area (Å²) < 4.78 is 7.16. The third kappa shape index (κ3) is 3.30. The lowest BCUT2D eigenvalue weighted by Gasteiger charge is -2.14. The minimum Gasteiger partial charge on any atom is -0.383 e. The van der Waals surface area contributed by atoms with Gasteiger partial charge in [-0.1, -0.05) is 0 Å². The van der Waals surface area contributed by atoms with Crippen LogP contribution in [0.5, 0.6) is 0 Å². The molecule has 0 aliphatic carbocycles. The highest BCUT2D eigenvalue weighted by atomic mass is 32.1. The van der Waals surface area contributed by atoms with Crippen molar-refractivity contribution in [2.45, 2.75) is 26.4 Å². The van der Waals surface area contributed by atoms with Gasteiger partial charge in [-0.05, 0) is 13.8 Å². The molecule has 6 heteroatoms. The van der Waals surface area contributed by atoms with Crippen LogP contribution in [-0.4, -0.2) is 34.3 Å². The van der Waals surface area contributed by atoms with Gasteiger partial charge in [0.25, 0.3) is 0 Å². The molecule has 5 nitrogen and oxygen atoms in total. The van der Waals surface area contributed by atoms with Crippen molar-refractivity contribution in [3.8, 4) is 0 Å². The molecule has 2 rings (SSSR count). The van der Waals surface area contributed by atoms with Gasteiger partial charge in [0.1, 0.15) is 0 Å². The lowest BCUT2D eigenvalue weighted by Crippen LogP contribution is -2.23. The molecule has 0 aromatic carbocycles. The first kappa shape index (κ1) is 13.0. The van der Waals surface area contributed by atoms with E-state index in [4.69, 9.17) is 4.74 Å². The number of imidazole rings is 1. The van der Waals surface area contributed by atoms with Crippen LogP contribution in [0.15, 0.2) is 17.8 Å². The van der Waals surface area contributed by atoms with Crippen LogP contribution in [-0.2, 0) is 11.3 Å². The number of hydrogen-bond acceptors (Lipinski definition) is 5. The average molecular weight is 266 g/mol. The summed E-state index contributed by atoms with van der Waals surface area (Å²) in [6.45, 7) is 5.48. The number of thiazole rings is 1. The van der Waals surface area contributed by atoms with E-state index in [1.165, 1.54) is 0 Å². The van der Waals surface area contributed by atoms with Crippen LogP contribution >= 0.6 is 11.3 Å². The third-order valence-electron chi connectivity index (χ3n) is 2.51. The smallest absolute Gasteiger partial charge is 0.203 e. The van der Waals surface area contributed by atoms with E-state index < -0.39 is 0 Å². The molecule has 0 saturated heterocycles. The fourth-order valence-electron chi connectivity index (χ4n) is 1.74. The van der Waals surface area contributed by atoms with Gasteiger partial charge < -0.3 is 14.6 Å². The van der Waals surface area contributed by atoms with Crippen molar-refractivity contribution in [1.29, 1.82) is 0 Å². The van der Waals surface area contributed by atoms with Crippen LogP contribution in [0.25, 0.3) is 0 Å². The van der Waals surface area contributed by atoms with Crippen molar-refractivity contribution in [1.82, 2.24) is 14.5 Å². The SMILES string of the molecule is COCC(C)Nc1nccn1Cc1csc(C)n1. The summed E-state index contributed by atoms with van der Waals surface area (Å²) in [6.07, 6.45) is 3.75. The monoisotopic (exact) mass is 266 g/mol. The molecule has 0 amide bonds. The topological polar surface area (TPSA) is 52.0 Å². The molecule has 1 N–H and O–H groups in total. The first-order valence-electron chi connectivity index (χ1n) is 5.86. The molecule has 1 unspecified atom stereocenters. The highest BCUT2D eigenvalue weighted by Gasteiger charge is 2.08. The van der Waals surface area contributed by atoms with Crippen molar-refractivity contribution < 1.29 is 4.74 Å². The number of nitrogens with zero attached hydrogens (tertiary/aromatic N) is 3. The molecular formula is C12H18N4OS. The summed E-state index contributed by atoms with van der Waals surface area (Å²) in [5.41, 5.74) is 1.07. The summed E-state index contributed by atoms with van der Waals surface area (Å²) in [5.74, 6) is 0.852. The second-order valence-corrected chi connectivity index (χ2v) is 5.30. The van der Waals surface area contributed by atoms with Gasteiger partial charge in [0.15, 0.2) is 0 Å². The number of aromatic nitrogens is 3. The first-order valence-corrected chi connectivity index (χ1v) is 6.74. The molecule has 1 atom stereocenters. The van der Waals surface area contributed by atoms with E-state index >= 15 is 0 Å². The van der Waals surface area contributed by atoms with Crippen LogP contribution < -0.4 is 5.32 Å². The highest BCUT2D eigenvalue weighted by Crippen LogP contribution is 2.13. The van der Waals surface area contributed by atoms with Crippen molar-refractivity contribution in [2.24, 2.45) is 0 Å². The maximum Gasteiger partial charge on any atom is 0.203 e. The van der Waals surface area contributed by atoms with Gasteiger partial charge in [0.05, 0.1) is 23.9 Å². The first-order chi connectivity index (χ1) is 8.69. The standard InChI is InChI=1S/C12H18N4OS/c1-9(7-17-3)14-12-13-4-5-16(12)6-11-8-18-10(2)15-11/h4-5,8-9H,6-7H2,1-3H3,(H,13,14). The summed E-state index contributed by atoms with van der Waals surface area (Å²) in [4.78, 5) is 8.77. The zero-order valence-electron chi connectivity index (χ0n) is 10.9. The molecule has 0 aliphatic heterocycles. The number of rotatable bonds is 6. The Kier molecular flexibility index (Phi) is 4.33. The highest BCUT2D eigenvalue weighted by molar-refractivity contribution is 7.09. The summed E-state index contributed by atoms with van der Waals surface area (Å²) in [7, 11) is 1.70. The predicted molar refractivity (Wildman–Crippen MR) is 73.1 cm³/mol. The Hall–Kier alpha value is -1.40. The molecule has 2 heterocycles. The van der Waals surface area contributed by atoms with E-state index in [-0.39, 0.29) is 6.04 Å². The van der Waals surface area contributed by atoms with Gasteiger partial charge in [0.2, 0.25) is 5.95 Å². The normalized spacial score (nSPS) is 12.6. The molecule has 0 radical (unpaired) electrons. The molecule has 0 saturated carbocycles. The Bertz CT molecular complexity index is 494. The van der Waals surface area contributed by atoms with Gasteiger partial charge in [-0.2, -0.15) is 0 Å². The van der Waals surface area contributed by atoms with Crippen molar-refractivity contribution in [3.05, 3.63) is 28.5 Å². The molecule has 2 aromatic heterocycles. The number of aryl methyl sites for hydroxylation is 1. The second-order valence-electron chi connectivity index (χ2n) is 4.24. The van der Waals surface area contributed by atoms with Crippen LogP contribution in [0.4, 0.5) is 5.95 Å². The number of hydrogen-bond donors (Lipinski definition) is 1. The Morgan fingerprint density at radius 3 is 3.06 bits per heavy atom. The van der Waals surface area contributed by atoms with E-state index in [0.29, 0.717) is 6.61 Å². The summed E-state index contributed by atoms with van der Waals surface area (Å²) in [6, 6.07) is 0.230. The lowest BCUT2D eigenvalue weighted by atomic mass is 10.4. The molecular weight excluding hydrogens is 248 g/mol. The van der Waals surface area contributed by atoms with Crippen molar-refractivity contribution >= 4 is 17.3 Å². The van der Waals surface area contributed by atoms with Crippen molar-refractivity contribution in [3.63, 3.8) is 0 Å². The van der Waals surface area contributed by atoms with Crippen LogP contribution in [0.2, 0.25) is 0 Å². The largest absolute Gasteiger partial charge is 0.383 e. The molecule has 0 aliphatic rings. The molecule has 0 bridgehead atoms. The molecule has 98 valence electrons. The van der Waals surface area contributed by atoms with Gasteiger partial charge in [-0.25, -0.2) is 9.97 Å². The Balaban J connectivity index is 2.03. The van der Waals surface area contributed by atoms with E-state index in [9.17, 15) is 0 Å². The quantitative estimate of drug-likeness (QED) is 0.870. The minimum atomic E-state index is 0.230. The van der Waals surface area contributed by atoms with E-state index in [0.717, 1.165) is 23.2 Å². The Morgan fingerprint density at radius 2 is 2.39 bits per heavy atom. The Labute approximate surface area is 111 Å². The molecule has 18 heavy (non-hydrogen) atoms.